The second kappa shape index (κ2) is 6.88. The van der Waals surface area contributed by atoms with Crippen LogP contribution in [0, 0.1) is 5.92 Å². The third-order valence-corrected chi connectivity index (χ3v) is 6.54. The Kier molecular flexibility index (Phi) is 4.55. The zero-order chi connectivity index (χ0) is 19.0. The fraction of sp³-hybridized carbons (Fsp3) is 0.350. The summed E-state index contributed by atoms with van der Waals surface area (Å²) in [5, 5.41) is 14.3. The molecule has 0 aromatic heterocycles. The van der Waals surface area contributed by atoms with Gasteiger partial charge in [0.2, 0.25) is 11.8 Å². The molecular formula is C20H20N2O4S. The van der Waals surface area contributed by atoms with Crippen molar-refractivity contribution in [3.63, 3.8) is 0 Å². The number of carbonyl (C=O) groups excluding carboxylic acids is 2. The third kappa shape index (κ3) is 3.16. The third-order valence-electron chi connectivity index (χ3n) is 5.35. The lowest BCUT2D eigenvalue weighted by Crippen LogP contribution is -2.56. The Morgan fingerprint density at radius 3 is 2.70 bits per heavy atom. The molecule has 2 fully saturated rings. The molecule has 27 heavy (non-hydrogen) atoms. The maximum absolute atomic E-state index is 12.7. The first-order chi connectivity index (χ1) is 13.0. The number of rotatable bonds is 4. The molecule has 140 valence electrons. The van der Waals surface area contributed by atoms with Crippen LogP contribution in [0.1, 0.15) is 12.8 Å². The van der Waals surface area contributed by atoms with E-state index in [4.69, 9.17) is 0 Å². The van der Waals surface area contributed by atoms with Gasteiger partial charge in [0.15, 0.2) is 0 Å². The number of carboxylic acids is 1. The molecule has 0 radical (unpaired) electrons. The van der Waals surface area contributed by atoms with E-state index in [-0.39, 0.29) is 24.8 Å². The van der Waals surface area contributed by atoms with Gasteiger partial charge < -0.3 is 15.3 Å². The summed E-state index contributed by atoms with van der Waals surface area (Å²) in [7, 11) is 0. The molecule has 2 saturated heterocycles. The van der Waals surface area contributed by atoms with Gasteiger partial charge in [0, 0.05) is 24.1 Å². The van der Waals surface area contributed by atoms with Gasteiger partial charge in [-0.3, -0.25) is 9.59 Å². The molecular weight excluding hydrogens is 364 g/mol. The number of nitrogens with one attached hydrogen (secondary N) is 1. The predicted octanol–water partition coefficient (Wildman–Crippen LogP) is 2.27. The number of carboxylic acid groups (broad SMARTS) is 1. The highest BCUT2D eigenvalue weighted by Gasteiger charge is 2.46. The first-order valence-corrected chi connectivity index (χ1v) is 10.1. The first kappa shape index (κ1) is 17.9. The summed E-state index contributed by atoms with van der Waals surface area (Å²) < 4.78 is 0. The van der Waals surface area contributed by atoms with Gasteiger partial charge >= 0.3 is 5.97 Å². The number of anilines is 1. The van der Waals surface area contributed by atoms with Crippen LogP contribution in [-0.2, 0) is 14.4 Å². The summed E-state index contributed by atoms with van der Waals surface area (Å²) in [6.07, 6.45) is 0.504. The maximum atomic E-state index is 12.7. The van der Waals surface area contributed by atoms with Crippen LogP contribution in [0.3, 0.4) is 0 Å². The summed E-state index contributed by atoms with van der Waals surface area (Å²) in [4.78, 5) is 38.7. The van der Waals surface area contributed by atoms with Crippen molar-refractivity contribution in [2.45, 2.75) is 18.4 Å². The number of amides is 2. The monoisotopic (exact) mass is 384 g/mol. The van der Waals surface area contributed by atoms with Crippen LogP contribution < -0.4 is 10.2 Å². The second-order valence-corrected chi connectivity index (χ2v) is 8.19. The van der Waals surface area contributed by atoms with E-state index in [1.807, 2.05) is 42.5 Å². The summed E-state index contributed by atoms with van der Waals surface area (Å²) in [6, 6.07) is 13.6. The molecule has 2 amide bonds. The standard InChI is InChI=1S/C20H20N2O4S/c23-17-10-14(18(24)21-20(19(25)26)8-9-27-12-20)11-22(17)16-7-3-5-13-4-1-2-6-15(13)16/h1-7,14H,8-12H2,(H,21,24)(H,25,26). The van der Waals surface area contributed by atoms with E-state index in [0.717, 1.165) is 16.5 Å². The van der Waals surface area contributed by atoms with E-state index in [1.165, 1.54) is 11.8 Å². The summed E-state index contributed by atoms with van der Waals surface area (Å²) >= 11 is 1.52. The molecule has 4 rings (SSSR count). The zero-order valence-corrected chi connectivity index (χ0v) is 15.5. The normalized spacial score (nSPS) is 25.1. The lowest BCUT2D eigenvalue weighted by Gasteiger charge is -2.26. The van der Waals surface area contributed by atoms with Crippen molar-refractivity contribution in [3.05, 3.63) is 42.5 Å². The fourth-order valence-electron chi connectivity index (χ4n) is 3.78. The van der Waals surface area contributed by atoms with Gasteiger partial charge in [-0.05, 0) is 23.6 Å². The topological polar surface area (TPSA) is 86.7 Å². The van der Waals surface area contributed by atoms with Gasteiger partial charge in [-0.1, -0.05) is 36.4 Å². The summed E-state index contributed by atoms with van der Waals surface area (Å²) in [6.45, 7) is 0.265. The smallest absolute Gasteiger partial charge is 0.330 e. The van der Waals surface area contributed by atoms with Crippen molar-refractivity contribution in [1.82, 2.24) is 5.32 Å². The molecule has 2 atom stereocenters. The lowest BCUT2D eigenvalue weighted by molar-refractivity contribution is -0.147. The van der Waals surface area contributed by atoms with Gasteiger partial charge in [0.05, 0.1) is 11.6 Å². The molecule has 0 saturated carbocycles. The minimum absolute atomic E-state index is 0.0951. The van der Waals surface area contributed by atoms with Crippen LogP contribution in [-0.4, -0.2) is 46.5 Å². The lowest BCUT2D eigenvalue weighted by atomic mass is 9.97. The van der Waals surface area contributed by atoms with E-state index in [0.29, 0.717) is 17.9 Å². The number of carbonyl (C=O) groups is 3. The molecule has 2 unspecified atom stereocenters. The Hall–Kier alpha value is -2.54. The highest BCUT2D eigenvalue weighted by atomic mass is 32.2. The van der Waals surface area contributed by atoms with Gasteiger partial charge in [-0.2, -0.15) is 11.8 Å². The van der Waals surface area contributed by atoms with Crippen molar-refractivity contribution in [2.75, 3.05) is 23.0 Å². The van der Waals surface area contributed by atoms with Crippen LogP contribution in [0.5, 0.6) is 0 Å². The molecule has 2 aliphatic heterocycles. The van der Waals surface area contributed by atoms with E-state index in [9.17, 15) is 19.5 Å². The number of nitrogens with zero attached hydrogens (tertiary/aromatic N) is 1. The number of benzene rings is 2. The Morgan fingerprint density at radius 2 is 1.96 bits per heavy atom. The van der Waals surface area contributed by atoms with Crippen LogP contribution >= 0.6 is 11.8 Å². The molecule has 0 bridgehead atoms. The Morgan fingerprint density at radius 1 is 1.19 bits per heavy atom. The summed E-state index contributed by atoms with van der Waals surface area (Å²) in [5.41, 5.74) is -0.421. The van der Waals surface area contributed by atoms with E-state index in [1.54, 1.807) is 4.90 Å². The van der Waals surface area contributed by atoms with Crippen molar-refractivity contribution >= 4 is 46.0 Å². The highest BCUT2D eigenvalue weighted by molar-refractivity contribution is 7.99. The van der Waals surface area contributed by atoms with Crippen molar-refractivity contribution < 1.29 is 19.5 Å². The number of hydrogen-bond acceptors (Lipinski definition) is 4. The second-order valence-electron chi connectivity index (χ2n) is 7.08. The van der Waals surface area contributed by atoms with E-state index in [2.05, 4.69) is 5.32 Å². The van der Waals surface area contributed by atoms with Gasteiger partial charge in [-0.15, -0.1) is 0 Å². The molecule has 0 aliphatic carbocycles. The van der Waals surface area contributed by atoms with Gasteiger partial charge in [0.1, 0.15) is 5.54 Å². The fourth-order valence-corrected chi connectivity index (χ4v) is 5.11. The number of thioether (sulfide) groups is 1. The van der Waals surface area contributed by atoms with Gasteiger partial charge in [0.25, 0.3) is 0 Å². The number of hydrogen-bond donors (Lipinski definition) is 2. The van der Waals surface area contributed by atoms with Crippen LogP contribution in [0.4, 0.5) is 5.69 Å². The molecule has 0 spiro atoms. The average Bonchev–Trinajstić information content (AvgIpc) is 3.29. The predicted molar refractivity (Wildman–Crippen MR) is 105 cm³/mol. The minimum Gasteiger partial charge on any atom is -0.479 e. The highest BCUT2D eigenvalue weighted by Crippen LogP contribution is 2.33. The largest absolute Gasteiger partial charge is 0.479 e. The number of aliphatic carboxylic acids is 1. The number of fused-ring (bicyclic) bond motifs is 1. The molecule has 2 aromatic carbocycles. The Bertz CT molecular complexity index is 918. The molecule has 2 heterocycles. The molecule has 6 nitrogen and oxygen atoms in total. The van der Waals surface area contributed by atoms with Crippen molar-refractivity contribution in [2.24, 2.45) is 5.92 Å². The minimum atomic E-state index is -1.21. The molecule has 2 N–H and O–H groups in total. The Balaban J connectivity index is 1.55. The maximum Gasteiger partial charge on any atom is 0.330 e. The first-order valence-electron chi connectivity index (χ1n) is 8.91. The molecule has 2 aromatic rings. The van der Waals surface area contributed by atoms with Gasteiger partial charge in [-0.25, -0.2) is 4.79 Å². The molecule has 7 heteroatoms. The van der Waals surface area contributed by atoms with Crippen LogP contribution in [0.15, 0.2) is 42.5 Å². The SMILES string of the molecule is O=C(NC1(C(=O)O)CCSC1)C1CC(=O)N(c2cccc3ccccc23)C1. The van der Waals surface area contributed by atoms with Crippen LogP contribution in [0.25, 0.3) is 10.8 Å². The Labute approximate surface area is 160 Å². The molecule has 2 aliphatic rings. The quantitative estimate of drug-likeness (QED) is 0.845. The average molecular weight is 384 g/mol. The zero-order valence-electron chi connectivity index (χ0n) is 14.7. The van der Waals surface area contributed by atoms with E-state index >= 15 is 0 Å². The van der Waals surface area contributed by atoms with Crippen molar-refractivity contribution in [3.8, 4) is 0 Å². The van der Waals surface area contributed by atoms with E-state index < -0.39 is 17.4 Å². The van der Waals surface area contributed by atoms with Crippen molar-refractivity contribution in [1.29, 1.82) is 0 Å². The van der Waals surface area contributed by atoms with Crippen LogP contribution in [0.2, 0.25) is 0 Å². The summed E-state index contributed by atoms with van der Waals surface area (Å²) in [5.74, 6) is -0.942.